The molecule has 1 atom stereocenters. The molecule has 1 aliphatic carbocycles. The van der Waals surface area contributed by atoms with E-state index in [1.54, 1.807) is 4.90 Å². The van der Waals surface area contributed by atoms with Crippen molar-refractivity contribution in [2.24, 2.45) is 0 Å². The fourth-order valence-electron chi connectivity index (χ4n) is 4.51. The average Bonchev–Trinajstić information content (AvgIpc) is 3.30. The number of halogens is 1. The molecule has 0 aliphatic heterocycles. The molecule has 2 aromatic carbocycles. The van der Waals surface area contributed by atoms with Crippen LogP contribution in [0.3, 0.4) is 0 Å². The van der Waals surface area contributed by atoms with Gasteiger partial charge in [0.25, 0.3) is 5.91 Å². The second-order valence-corrected chi connectivity index (χ2v) is 10.4. The van der Waals surface area contributed by atoms with Gasteiger partial charge in [0.1, 0.15) is 11.8 Å². The van der Waals surface area contributed by atoms with Crippen LogP contribution in [-0.4, -0.2) is 35.4 Å². The van der Waals surface area contributed by atoms with Gasteiger partial charge < -0.3 is 15.0 Å². The van der Waals surface area contributed by atoms with Crippen molar-refractivity contribution < 1.29 is 14.3 Å². The molecule has 0 saturated heterocycles. The first-order valence-corrected chi connectivity index (χ1v) is 13.2. The summed E-state index contributed by atoms with van der Waals surface area (Å²) < 4.78 is 6.74. The van der Waals surface area contributed by atoms with E-state index in [1.807, 2.05) is 50.2 Å². The summed E-state index contributed by atoms with van der Waals surface area (Å²) in [6.45, 7) is 8.50. The maximum atomic E-state index is 13.4. The minimum Gasteiger partial charge on any atom is -0.483 e. The van der Waals surface area contributed by atoms with Crippen LogP contribution in [0.25, 0.3) is 0 Å². The first-order chi connectivity index (χ1) is 16.3. The van der Waals surface area contributed by atoms with Gasteiger partial charge in [-0.05, 0) is 71.3 Å². The lowest BCUT2D eigenvalue weighted by Gasteiger charge is -2.31. The van der Waals surface area contributed by atoms with Crippen molar-refractivity contribution in [2.75, 3.05) is 6.61 Å². The zero-order chi connectivity index (χ0) is 24.7. The van der Waals surface area contributed by atoms with E-state index in [-0.39, 0.29) is 24.5 Å². The minimum atomic E-state index is -0.538. The number of benzene rings is 2. The smallest absolute Gasteiger partial charge is 0.261 e. The number of carbonyl (C=O) groups is 2. The molecule has 0 spiro atoms. The lowest BCUT2D eigenvalue weighted by atomic mass is 10.0. The summed E-state index contributed by atoms with van der Waals surface area (Å²) in [5.41, 5.74) is 3.32. The van der Waals surface area contributed by atoms with E-state index in [1.165, 1.54) is 5.56 Å². The highest BCUT2D eigenvalue weighted by Gasteiger charge is 2.31. The highest BCUT2D eigenvalue weighted by molar-refractivity contribution is 9.10. The van der Waals surface area contributed by atoms with Crippen LogP contribution in [0.1, 0.15) is 75.5 Å². The van der Waals surface area contributed by atoms with E-state index >= 15 is 0 Å². The zero-order valence-corrected chi connectivity index (χ0v) is 22.4. The van der Waals surface area contributed by atoms with Crippen LogP contribution < -0.4 is 10.1 Å². The lowest BCUT2D eigenvalue weighted by molar-refractivity contribution is -0.143. The third-order valence-corrected chi connectivity index (χ3v) is 7.12. The monoisotopic (exact) mass is 528 g/mol. The first-order valence-electron chi connectivity index (χ1n) is 12.4. The molecule has 3 rings (SSSR count). The van der Waals surface area contributed by atoms with Crippen molar-refractivity contribution in [2.45, 2.75) is 84.3 Å². The van der Waals surface area contributed by atoms with Gasteiger partial charge in [-0.1, -0.05) is 69.5 Å². The summed E-state index contributed by atoms with van der Waals surface area (Å²) in [7, 11) is 0. The van der Waals surface area contributed by atoms with Gasteiger partial charge in [0.15, 0.2) is 6.61 Å². The van der Waals surface area contributed by atoms with Crippen LogP contribution in [0.4, 0.5) is 0 Å². The Hall–Kier alpha value is -2.34. The Kier molecular flexibility index (Phi) is 9.57. The maximum Gasteiger partial charge on any atom is 0.261 e. The quantitative estimate of drug-likeness (QED) is 0.403. The number of hydrogen-bond acceptors (Lipinski definition) is 3. The average molecular weight is 530 g/mol. The van der Waals surface area contributed by atoms with Gasteiger partial charge in [-0.15, -0.1) is 0 Å². The summed E-state index contributed by atoms with van der Waals surface area (Å²) in [6.07, 6.45) is 4.86. The van der Waals surface area contributed by atoms with E-state index in [0.717, 1.165) is 41.3 Å². The van der Waals surface area contributed by atoms with Crippen LogP contribution in [-0.2, 0) is 16.1 Å². The largest absolute Gasteiger partial charge is 0.483 e. The Morgan fingerprint density at radius 2 is 1.88 bits per heavy atom. The Labute approximate surface area is 212 Å². The highest BCUT2D eigenvalue weighted by Crippen LogP contribution is 2.29. The molecule has 2 amide bonds. The van der Waals surface area contributed by atoms with Gasteiger partial charge in [0, 0.05) is 12.6 Å². The molecular formula is C28H37BrN2O3. The van der Waals surface area contributed by atoms with Crippen LogP contribution >= 0.6 is 15.9 Å². The van der Waals surface area contributed by atoms with Crippen molar-refractivity contribution in [3.8, 4) is 5.75 Å². The number of ether oxygens (including phenoxy) is 1. The van der Waals surface area contributed by atoms with E-state index in [2.05, 4.69) is 41.2 Å². The van der Waals surface area contributed by atoms with Gasteiger partial charge in [-0.3, -0.25) is 9.59 Å². The fraction of sp³-hybridized carbons (Fsp3) is 0.500. The standard InChI is InChI=1S/C28H37BrN2O3/c1-5-25(28(33)30-23-11-6-7-12-23)31(17-21-10-8-9-20(4)15-21)27(32)18-34-26-14-13-22(19(2)3)16-24(26)29/h8-10,13-16,19,23,25H,5-7,11-12,17-18H2,1-4H3,(H,30,33). The van der Waals surface area contributed by atoms with Crippen molar-refractivity contribution in [3.05, 3.63) is 63.6 Å². The SMILES string of the molecule is CCC(C(=O)NC1CCCC1)N(Cc1cccc(C)c1)C(=O)COc1ccc(C(C)C)cc1Br. The van der Waals surface area contributed by atoms with Crippen molar-refractivity contribution in [1.82, 2.24) is 10.2 Å². The molecule has 2 aromatic rings. The van der Waals surface area contributed by atoms with Gasteiger partial charge in [0.2, 0.25) is 5.91 Å². The maximum absolute atomic E-state index is 13.4. The topological polar surface area (TPSA) is 58.6 Å². The van der Waals surface area contributed by atoms with Gasteiger partial charge in [-0.25, -0.2) is 0 Å². The molecule has 1 saturated carbocycles. The Morgan fingerprint density at radius 3 is 2.50 bits per heavy atom. The number of amides is 2. The molecule has 1 N–H and O–H groups in total. The highest BCUT2D eigenvalue weighted by atomic mass is 79.9. The molecule has 0 aromatic heterocycles. The van der Waals surface area contributed by atoms with Gasteiger partial charge in [-0.2, -0.15) is 0 Å². The minimum absolute atomic E-state index is 0.0714. The molecule has 5 nitrogen and oxygen atoms in total. The van der Waals surface area contributed by atoms with E-state index < -0.39 is 6.04 Å². The summed E-state index contributed by atoms with van der Waals surface area (Å²) in [6, 6.07) is 13.7. The van der Waals surface area contributed by atoms with Crippen LogP contribution in [0.15, 0.2) is 46.9 Å². The first kappa shape index (κ1) is 26.3. The fourth-order valence-corrected chi connectivity index (χ4v) is 5.02. The van der Waals surface area contributed by atoms with E-state index in [4.69, 9.17) is 4.74 Å². The lowest BCUT2D eigenvalue weighted by Crippen LogP contribution is -2.52. The predicted octanol–water partition coefficient (Wildman–Crippen LogP) is 6.13. The molecule has 0 heterocycles. The van der Waals surface area contributed by atoms with Crippen molar-refractivity contribution >= 4 is 27.7 Å². The van der Waals surface area contributed by atoms with E-state index in [0.29, 0.717) is 24.6 Å². The molecule has 1 unspecified atom stereocenters. The summed E-state index contributed by atoms with van der Waals surface area (Å²) >= 11 is 3.57. The Balaban J connectivity index is 1.77. The zero-order valence-electron chi connectivity index (χ0n) is 20.8. The predicted molar refractivity (Wildman–Crippen MR) is 140 cm³/mol. The molecule has 6 heteroatoms. The molecule has 0 bridgehead atoms. The Morgan fingerprint density at radius 1 is 1.15 bits per heavy atom. The van der Waals surface area contributed by atoms with E-state index in [9.17, 15) is 9.59 Å². The van der Waals surface area contributed by atoms with Crippen molar-refractivity contribution in [3.63, 3.8) is 0 Å². The molecule has 1 fully saturated rings. The normalized spacial score (nSPS) is 14.8. The second kappa shape index (κ2) is 12.4. The number of hydrogen-bond donors (Lipinski definition) is 1. The third-order valence-electron chi connectivity index (χ3n) is 6.50. The summed E-state index contributed by atoms with van der Waals surface area (Å²) in [5, 5.41) is 3.18. The number of nitrogens with zero attached hydrogens (tertiary/aromatic N) is 1. The number of rotatable bonds is 10. The van der Waals surface area contributed by atoms with Crippen LogP contribution in [0.5, 0.6) is 5.75 Å². The van der Waals surface area contributed by atoms with Crippen LogP contribution in [0, 0.1) is 6.92 Å². The third kappa shape index (κ3) is 7.08. The van der Waals surface area contributed by atoms with Crippen LogP contribution in [0.2, 0.25) is 0 Å². The number of carbonyl (C=O) groups excluding carboxylic acids is 2. The molecule has 0 radical (unpaired) electrons. The number of nitrogens with one attached hydrogen (secondary N) is 1. The molecule has 34 heavy (non-hydrogen) atoms. The van der Waals surface area contributed by atoms with Gasteiger partial charge >= 0.3 is 0 Å². The van der Waals surface area contributed by atoms with Crippen molar-refractivity contribution in [1.29, 1.82) is 0 Å². The summed E-state index contributed by atoms with van der Waals surface area (Å²) in [5.74, 6) is 0.754. The Bertz CT molecular complexity index is 985. The molecule has 184 valence electrons. The number of aryl methyl sites for hydroxylation is 1. The molecular weight excluding hydrogens is 492 g/mol. The second-order valence-electron chi connectivity index (χ2n) is 9.56. The molecule has 1 aliphatic rings. The summed E-state index contributed by atoms with van der Waals surface area (Å²) in [4.78, 5) is 28.3. The van der Waals surface area contributed by atoms with Gasteiger partial charge in [0.05, 0.1) is 4.47 Å².